The molecule has 0 radical (unpaired) electrons. The molecule has 15 heteroatoms. The molecule has 0 unspecified atom stereocenters. The fraction of sp³-hybridized carbons (Fsp3) is 0.500. The number of carbonyl (C=O) groups excluding carboxylic acids is 1. The Kier molecular flexibility index (Phi) is 11.2. The number of aliphatic hydroxyl groups excluding tert-OH is 6. The lowest BCUT2D eigenvalue weighted by Gasteiger charge is -2.42. The third-order valence-electron chi connectivity index (χ3n) is 7.51. The summed E-state index contributed by atoms with van der Waals surface area (Å²) < 4.78 is 37.9. The lowest BCUT2D eigenvalue weighted by Crippen LogP contribution is -2.61. The largest absolute Gasteiger partial charge is 0.507 e. The van der Waals surface area contributed by atoms with Crippen molar-refractivity contribution in [3.8, 4) is 28.7 Å². The predicted molar refractivity (Wildman–Crippen MR) is 153 cm³/mol. The molecule has 45 heavy (non-hydrogen) atoms. The average Bonchev–Trinajstić information content (AvgIpc) is 3.03. The van der Waals surface area contributed by atoms with Crippen molar-refractivity contribution in [3.05, 3.63) is 47.5 Å². The van der Waals surface area contributed by atoms with E-state index >= 15 is 0 Å². The summed E-state index contributed by atoms with van der Waals surface area (Å²) in [7, 11) is 4.25. The zero-order valence-corrected chi connectivity index (χ0v) is 24.9. The Labute approximate surface area is 258 Å². The number of rotatable bonds is 11. The van der Waals surface area contributed by atoms with Crippen molar-refractivity contribution in [2.45, 2.75) is 68.3 Å². The Balaban J connectivity index is 1.47. The molecule has 2 aliphatic heterocycles. The lowest BCUT2D eigenvalue weighted by atomic mass is 9.98. The van der Waals surface area contributed by atoms with Gasteiger partial charge in [-0.05, 0) is 30.7 Å². The van der Waals surface area contributed by atoms with Crippen LogP contribution in [0.25, 0.3) is 6.08 Å². The highest BCUT2D eigenvalue weighted by molar-refractivity contribution is 6.10. The van der Waals surface area contributed by atoms with E-state index in [1.54, 1.807) is 18.2 Å². The molecule has 0 spiro atoms. The molecule has 0 aliphatic carbocycles. The number of methoxy groups -OCH3 is 3. The quantitative estimate of drug-likeness (QED) is 0.120. The lowest BCUT2D eigenvalue weighted by molar-refractivity contribution is -0.318. The molecule has 248 valence electrons. The highest BCUT2D eigenvalue weighted by Crippen LogP contribution is 2.36. The highest BCUT2D eigenvalue weighted by atomic mass is 16.7. The predicted octanol–water partition coefficient (Wildman–Crippen LogP) is -0.655. The van der Waals surface area contributed by atoms with E-state index in [0.717, 1.165) is 6.07 Å². The van der Waals surface area contributed by atoms with E-state index in [2.05, 4.69) is 0 Å². The number of aliphatic hydroxyl groups is 6. The van der Waals surface area contributed by atoms with Gasteiger partial charge in [-0.3, -0.25) is 4.79 Å². The summed E-state index contributed by atoms with van der Waals surface area (Å²) in [6, 6.07) is 7.38. The standard InChI is InChI=1S/C30H38O15/c1-13-23(33)25(35)27(37)29(43-13)42-12-21-24(34)26(36)28(38)30(45-21)44-15-10-17(32)22(20(11-15)41-4)16(31)7-5-14-6-8-18(39-2)19(9-14)40-3/h5-11,13,21,23-30,32-38H,12H2,1-4H3/b7-5+/t13-,21+,23-,24+,25+,26-,27+,28+,29+,30+/m0/s1. The molecule has 4 rings (SSSR count). The van der Waals surface area contributed by atoms with Gasteiger partial charge in [0.05, 0.1) is 34.0 Å². The van der Waals surface area contributed by atoms with E-state index in [1.165, 1.54) is 46.5 Å². The number of carbonyl (C=O) groups is 1. The normalized spacial score (nSPS) is 31.9. The molecule has 2 aliphatic rings. The minimum Gasteiger partial charge on any atom is -0.507 e. The number of phenolic OH excluding ortho intramolecular Hbond substituents is 1. The van der Waals surface area contributed by atoms with Crippen LogP contribution in [-0.4, -0.2) is 131 Å². The van der Waals surface area contributed by atoms with E-state index in [1.807, 2.05) is 0 Å². The molecule has 2 fully saturated rings. The Hall–Kier alpha value is -3.51. The van der Waals surface area contributed by atoms with Crippen molar-refractivity contribution in [2.24, 2.45) is 0 Å². The first-order chi connectivity index (χ1) is 21.4. The summed E-state index contributed by atoms with van der Waals surface area (Å²) in [6.45, 7) is 0.972. The van der Waals surface area contributed by atoms with E-state index in [9.17, 15) is 40.5 Å². The van der Waals surface area contributed by atoms with Gasteiger partial charge < -0.3 is 68.9 Å². The zero-order chi connectivity index (χ0) is 33.0. The summed E-state index contributed by atoms with van der Waals surface area (Å²) in [5, 5.41) is 72.2. The van der Waals surface area contributed by atoms with Crippen LogP contribution in [0.15, 0.2) is 36.4 Å². The van der Waals surface area contributed by atoms with Crippen LogP contribution in [0.3, 0.4) is 0 Å². The van der Waals surface area contributed by atoms with Gasteiger partial charge in [0.15, 0.2) is 23.6 Å². The van der Waals surface area contributed by atoms with Crippen molar-refractivity contribution in [1.29, 1.82) is 0 Å². The first-order valence-corrected chi connectivity index (χ1v) is 13.9. The van der Waals surface area contributed by atoms with Crippen molar-refractivity contribution < 1.29 is 73.7 Å². The fourth-order valence-electron chi connectivity index (χ4n) is 4.89. The number of hydrogen-bond donors (Lipinski definition) is 7. The second kappa shape index (κ2) is 14.7. The van der Waals surface area contributed by atoms with Crippen LogP contribution in [0.2, 0.25) is 0 Å². The van der Waals surface area contributed by atoms with Crippen LogP contribution in [0, 0.1) is 0 Å². The number of ether oxygens (including phenoxy) is 7. The van der Waals surface area contributed by atoms with Gasteiger partial charge in [0.25, 0.3) is 0 Å². The van der Waals surface area contributed by atoms with Gasteiger partial charge in [-0.25, -0.2) is 0 Å². The smallest absolute Gasteiger partial charge is 0.229 e. The third-order valence-corrected chi connectivity index (χ3v) is 7.51. The number of benzene rings is 2. The van der Waals surface area contributed by atoms with Gasteiger partial charge in [0.1, 0.15) is 65.5 Å². The molecule has 2 aromatic rings. The molecule has 0 amide bonds. The minimum atomic E-state index is -1.76. The Bertz CT molecular complexity index is 1350. The number of aromatic hydroxyl groups is 1. The van der Waals surface area contributed by atoms with E-state index in [4.69, 9.17) is 33.2 Å². The molecular weight excluding hydrogens is 600 g/mol. The van der Waals surface area contributed by atoms with Crippen LogP contribution < -0.4 is 18.9 Å². The molecule has 10 atom stereocenters. The molecule has 15 nitrogen and oxygen atoms in total. The summed E-state index contributed by atoms with van der Waals surface area (Å²) in [5.41, 5.74) is 0.441. The summed E-state index contributed by atoms with van der Waals surface area (Å²) in [6.07, 6.45) is -12.2. The number of phenols is 1. The maximum absolute atomic E-state index is 13.0. The van der Waals surface area contributed by atoms with E-state index in [0.29, 0.717) is 17.1 Å². The van der Waals surface area contributed by atoms with Gasteiger partial charge in [-0.1, -0.05) is 12.1 Å². The van der Waals surface area contributed by atoms with Gasteiger partial charge in [-0.15, -0.1) is 0 Å². The minimum absolute atomic E-state index is 0.0731. The van der Waals surface area contributed by atoms with Crippen LogP contribution >= 0.6 is 0 Å². The molecule has 0 saturated carbocycles. The van der Waals surface area contributed by atoms with Gasteiger partial charge in [0, 0.05) is 12.1 Å². The first kappa shape index (κ1) is 34.4. The summed E-state index contributed by atoms with van der Waals surface area (Å²) in [4.78, 5) is 13.0. The van der Waals surface area contributed by atoms with Gasteiger partial charge >= 0.3 is 0 Å². The van der Waals surface area contributed by atoms with Crippen LogP contribution in [-0.2, 0) is 14.2 Å². The van der Waals surface area contributed by atoms with Crippen LogP contribution in [0.1, 0.15) is 22.8 Å². The average molecular weight is 639 g/mol. The van der Waals surface area contributed by atoms with E-state index in [-0.39, 0.29) is 17.1 Å². The maximum Gasteiger partial charge on any atom is 0.229 e. The summed E-state index contributed by atoms with van der Waals surface area (Å²) in [5.74, 6) is -0.341. The Morgan fingerprint density at radius 1 is 0.778 bits per heavy atom. The van der Waals surface area contributed by atoms with Crippen molar-refractivity contribution in [1.82, 2.24) is 0 Å². The molecule has 2 aromatic carbocycles. The topological polar surface area (TPSA) is 223 Å². The fourth-order valence-corrected chi connectivity index (χ4v) is 4.89. The van der Waals surface area contributed by atoms with Crippen molar-refractivity contribution in [2.75, 3.05) is 27.9 Å². The van der Waals surface area contributed by atoms with Crippen molar-refractivity contribution >= 4 is 11.9 Å². The number of allylic oxidation sites excluding steroid dienone is 1. The van der Waals surface area contributed by atoms with E-state index < -0.39 is 79.6 Å². The monoisotopic (exact) mass is 638 g/mol. The second-order valence-corrected chi connectivity index (χ2v) is 10.5. The van der Waals surface area contributed by atoms with Gasteiger partial charge in [-0.2, -0.15) is 0 Å². The molecule has 7 N–H and O–H groups in total. The highest BCUT2D eigenvalue weighted by Gasteiger charge is 2.47. The maximum atomic E-state index is 13.0. The molecule has 2 saturated heterocycles. The van der Waals surface area contributed by atoms with Crippen LogP contribution in [0.4, 0.5) is 0 Å². The Morgan fingerprint density at radius 3 is 2.09 bits per heavy atom. The zero-order valence-electron chi connectivity index (χ0n) is 24.9. The van der Waals surface area contributed by atoms with Gasteiger partial charge in [0.2, 0.25) is 6.29 Å². The molecule has 0 aromatic heterocycles. The Morgan fingerprint density at radius 2 is 1.42 bits per heavy atom. The molecule has 2 heterocycles. The second-order valence-electron chi connectivity index (χ2n) is 10.5. The third kappa shape index (κ3) is 7.49. The SMILES string of the molecule is COc1ccc(/C=C/C(=O)c2c(O)cc(O[C@@H]3O[C@H](CO[C@@H]4O[C@@H](C)[C@H](O)[C@@H](O)[C@H]4O)[C@@H](O)[C@H](O)[C@H]3O)cc2OC)cc1OC. The molecular formula is C30H38O15. The number of ketones is 1. The number of hydrogen-bond acceptors (Lipinski definition) is 15. The summed E-state index contributed by atoms with van der Waals surface area (Å²) >= 11 is 0. The van der Waals surface area contributed by atoms with Crippen LogP contribution in [0.5, 0.6) is 28.7 Å². The molecule has 0 bridgehead atoms. The van der Waals surface area contributed by atoms with Crippen molar-refractivity contribution in [3.63, 3.8) is 0 Å². The first-order valence-electron chi connectivity index (χ1n) is 13.9.